The van der Waals surface area contributed by atoms with Crippen molar-refractivity contribution in [2.24, 2.45) is 5.41 Å². The Morgan fingerprint density at radius 1 is 0.750 bits per heavy atom. The van der Waals surface area contributed by atoms with Crippen LogP contribution in [0.5, 0.6) is 0 Å². The van der Waals surface area contributed by atoms with Crippen LogP contribution in [0.2, 0.25) is 0 Å². The van der Waals surface area contributed by atoms with Gasteiger partial charge in [0, 0.05) is 38.0 Å². The summed E-state index contributed by atoms with van der Waals surface area (Å²) in [4.78, 5) is 36.4. The van der Waals surface area contributed by atoms with Gasteiger partial charge in [-0.1, -0.05) is 19.7 Å². The second-order valence-corrected chi connectivity index (χ2v) is 6.07. The highest BCUT2D eigenvalue weighted by molar-refractivity contribution is 5.84. The lowest BCUT2D eigenvalue weighted by molar-refractivity contribution is -0.478. The van der Waals surface area contributed by atoms with E-state index in [1.54, 1.807) is 20.8 Å². The van der Waals surface area contributed by atoms with Crippen molar-refractivity contribution >= 4 is 17.9 Å². The zero-order valence-corrected chi connectivity index (χ0v) is 18.7. The first kappa shape index (κ1) is 29.4. The molecule has 0 aliphatic heterocycles. The van der Waals surface area contributed by atoms with E-state index in [1.165, 1.54) is 0 Å². The Morgan fingerprint density at radius 3 is 1.41 bits per heavy atom. The zero-order chi connectivity index (χ0) is 24.8. The summed E-state index contributed by atoms with van der Waals surface area (Å²) >= 11 is 0. The van der Waals surface area contributed by atoms with Crippen LogP contribution in [0, 0.1) is 5.41 Å². The minimum Gasteiger partial charge on any atom is -0.454 e. The van der Waals surface area contributed by atoms with Crippen LogP contribution >= 0.6 is 0 Å². The molecule has 0 aliphatic carbocycles. The fourth-order valence-electron chi connectivity index (χ4n) is 2.87. The van der Waals surface area contributed by atoms with Crippen LogP contribution < -0.4 is 0 Å². The predicted octanol–water partition coefficient (Wildman–Crippen LogP) is 0.605. The van der Waals surface area contributed by atoms with Gasteiger partial charge in [-0.05, 0) is 20.8 Å². The number of aliphatic hydroxyl groups excluding tert-OH is 2. The molecule has 0 heterocycles. The van der Waals surface area contributed by atoms with E-state index in [-0.39, 0.29) is 19.8 Å². The molecule has 0 fully saturated rings. The highest BCUT2D eigenvalue weighted by Gasteiger charge is 2.72. The maximum Gasteiger partial charge on any atom is 0.333 e. The second kappa shape index (κ2) is 13.8. The van der Waals surface area contributed by atoms with Gasteiger partial charge in [0.25, 0.3) is 0 Å². The SMILES string of the molecule is C=CC(=O)OCC(OC(=O)C=C)(OC(=O)C=C)C(CO)(CO)C(OCC)(OCC)OCC. The Balaban J connectivity index is 7.29. The summed E-state index contributed by atoms with van der Waals surface area (Å²) in [6.45, 7) is 11.1. The first-order valence-corrected chi connectivity index (χ1v) is 9.81. The van der Waals surface area contributed by atoms with Crippen molar-refractivity contribution < 1.29 is 53.0 Å². The molecule has 0 saturated heterocycles. The number of esters is 3. The van der Waals surface area contributed by atoms with Gasteiger partial charge in [0.05, 0.1) is 13.2 Å². The van der Waals surface area contributed by atoms with Crippen LogP contribution in [0.1, 0.15) is 20.8 Å². The molecule has 2 N–H and O–H groups in total. The third-order valence-corrected chi connectivity index (χ3v) is 4.29. The van der Waals surface area contributed by atoms with Crippen LogP contribution in [0.15, 0.2) is 38.0 Å². The molecular formula is C21H32O11. The van der Waals surface area contributed by atoms with E-state index in [0.29, 0.717) is 0 Å². The lowest BCUT2D eigenvalue weighted by Gasteiger charge is -2.53. The Labute approximate surface area is 187 Å². The van der Waals surface area contributed by atoms with Crippen LogP contribution in [0.4, 0.5) is 0 Å². The molecule has 0 aromatic heterocycles. The highest BCUT2D eigenvalue weighted by atomic mass is 16.9. The number of hydrogen-bond donors (Lipinski definition) is 2. The van der Waals surface area contributed by atoms with Crippen LogP contribution in [0.25, 0.3) is 0 Å². The monoisotopic (exact) mass is 460 g/mol. The average molecular weight is 460 g/mol. The summed E-state index contributed by atoms with van der Waals surface area (Å²) < 4.78 is 32.7. The Hall–Kier alpha value is -2.57. The van der Waals surface area contributed by atoms with Gasteiger partial charge < -0.3 is 38.6 Å². The topological polar surface area (TPSA) is 147 Å². The van der Waals surface area contributed by atoms with Gasteiger partial charge in [-0.3, -0.25) is 0 Å². The molecule has 0 spiro atoms. The van der Waals surface area contributed by atoms with Crippen LogP contribution in [-0.4, -0.2) is 79.5 Å². The number of rotatable bonds is 17. The summed E-state index contributed by atoms with van der Waals surface area (Å²) in [5.74, 6) is -8.36. The molecule has 0 saturated carbocycles. The van der Waals surface area contributed by atoms with Gasteiger partial charge in [-0.25, -0.2) is 14.4 Å². The average Bonchev–Trinajstić information content (AvgIpc) is 2.78. The number of carbonyl (C=O) groups excluding carboxylic acids is 3. The molecule has 0 rings (SSSR count). The smallest absolute Gasteiger partial charge is 0.333 e. The van der Waals surface area contributed by atoms with Crippen molar-refractivity contribution in [1.29, 1.82) is 0 Å². The molecule has 11 heteroatoms. The predicted molar refractivity (Wildman–Crippen MR) is 111 cm³/mol. The Morgan fingerprint density at radius 2 is 1.12 bits per heavy atom. The Kier molecular flexibility index (Phi) is 12.7. The molecule has 0 aromatic rings. The van der Waals surface area contributed by atoms with Gasteiger partial charge >= 0.3 is 29.7 Å². The third kappa shape index (κ3) is 6.24. The molecule has 0 radical (unpaired) electrons. The zero-order valence-electron chi connectivity index (χ0n) is 18.7. The summed E-state index contributed by atoms with van der Waals surface area (Å²) in [6, 6.07) is 0. The van der Waals surface area contributed by atoms with Gasteiger partial charge in [0.15, 0.2) is 12.0 Å². The molecule has 182 valence electrons. The molecule has 32 heavy (non-hydrogen) atoms. The number of ether oxygens (including phenoxy) is 6. The lowest BCUT2D eigenvalue weighted by atomic mass is 9.76. The van der Waals surface area contributed by atoms with Crippen molar-refractivity contribution in [3.63, 3.8) is 0 Å². The van der Waals surface area contributed by atoms with E-state index in [4.69, 9.17) is 28.4 Å². The van der Waals surface area contributed by atoms with E-state index >= 15 is 0 Å². The number of hydrogen-bond acceptors (Lipinski definition) is 11. The first-order valence-electron chi connectivity index (χ1n) is 9.81. The number of aliphatic hydroxyl groups is 2. The van der Waals surface area contributed by atoms with Crippen molar-refractivity contribution in [1.82, 2.24) is 0 Å². The van der Waals surface area contributed by atoms with E-state index in [0.717, 1.165) is 18.2 Å². The van der Waals surface area contributed by atoms with Crippen molar-refractivity contribution in [2.75, 3.05) is 39.6 Å². The van der Waals surface area contributed by atoms with E-state index < -0.39 is 54.9 Å². The quantitative estimate of drug-likeness (QED) is 0.179. The summed E-state index contributed by atoms with van der Waals surface area (Å²) in [5, 5.41) is 21.1. The summed E-state index contributed by atoms with van der Waals surface area (Å²) in [5.41, 5.74) is -2.39. The first-order chi connectivity index (χ1) is 15.2. The molecule has 0 aromatic carbocycles. The molecule has 0 bridgehead atoms. The van der Waals surface area contributed by atoms with Gasteiger partial charge in [0.1, 0.15) is 0 Å². The summed E-state index contributed by atoms with van der Waals surface area (Å²) in [6.07, 6.45) is 2.26. The maximum atomic E-state index is 12.3. The lowest BCUT2D eigenvalue weighted by Crippen LogP contribution is -2.72. The van der Waals surface area contributed by atoms with E-state index in [9.17, 15) is 24.6 Å². The third-order valence-electron chi connectivity index (χ3n) is 4.29. The van der Waals surface area contributed by atoms with Crippen LogP contribution in [0.3, 0.4) is 0 Å². The largest absolute Gasteiger partial charge is 0.454 e. The van der Waals surface area contributed by atoms with Crippen LogP contribution in [-0.2, 0) is 42.8 Å². The Bertz CT molecular complexity index is 628. The van der Waals surface area contributed by atoms with Crippen molar-refractivity contribution in [2.45, 2.75) is 32.5 Å². The molecule has 0 atom stereocenters. The fourth-order valence-corrected chi connectivity index (χ4v) is 2.87. The fraction of sp³-hybridized carbons (Fsp3) is 0.571. The molecule has 11 nitrogen and oxygen atoms in total. The number of carbonyl (C=O) groups is 3. The molecule has 0 aliphatic rings. The van der Waals surface area contributed by atoms with Gasteiger partial charge in [-0.15, -0.1) is 0 Å². The minimum atomic E-state index is -2.73. The van der Waals surface area contributed by atoms with Gasteiger partial charge in [-0.2, -0.15) is 0 Å². The molecular weight excluding hydrogens is 428 g/mol. The standard InChI is InChI=1S/C21H32O11/c1-7-16(24)27-15-20(31-17(25)8-2,32-18(26)9-3)19(13-22,14-23)21(28-10-4,29-11-5)30-12-6/h7-9,22-23H,1-3,10-15H2,4-6H3. The molecule has 0 amide bonds. The van der Waals surface area contributed by atoms with Crippen molar-refractivity contribution in [3.05, 3.63) is 38.0 Å². The van der Waals surface area contributed by atoms with E-state index in [1.807, 2.05) is 0 Å². The summed E-state index contributed by atoms with van der Waals surface area (Å²) in [7, 11) is 0. The minimum absolute atomic E-state index is 0.0743. The van der Waals surface area contributed by atoms with Gasteiger partial charge in [0.2, 0.25) is 0 Å². The normalized spacial score (nSPS) is 11.9. The second-order valence-electron chi connectivity index (χ2n) is 6.07. The molecule has 0 unspecified atom stereocenters. The maximum absolute atomic E-state index is 12.3. The van der Waals surface area contributed by atoms with E-state index in [2.05, 4.69) is 19.7 Å². The van der Waals surface area contributed by atoms with Crippen molar-refractivity contribution in [3.8, 4) is 0 Å². The highest BCUT2D eigenvalue weighted by Crippen LogP contribution is 2.48.